The van der Waals surface area contributed by atoms with E-state index in [1.807, 2.05) is 0 Å². The van der Waals surface area contributed by atoms with Crippen molar-refractivity contribution in [3.63, 3.8) is 0 Å². The van der Waals surface area contributed by atoms with Crippen molar-refractivity contribution >= 4 is 46.1 Å². The van der Waals surface area contributed by atoms with E-state index in [1.54, 1.807) is 26.0 Å². The lowest BCUT2D eigenvalue weighted by Crippen LogP contribution is -2.34. The van der Waals surface area contributed by atoms with Gasteiger partial charge in [-0.3, -0.25) is 9.59 Å². The molecule has 3 aromatic rings. The number of ether oxygens (including phenoxy) is 2. The van der Waals surface area contributed by atoms with Crippen LogP contribution in [0, 0.1) is 19.8 Å². The molecule has 1 N–H and O–H groups in total. The van der Waals surface area contributed by atoms with Crippen LogP contribution >= 0.6 is 23.2 Å². The number of aryl methyl sites for hydroxylation is 2. The molecule has 2 aromatic carbocycles. The summed E-state index contributed by atoms with van der Waals surface area (Å²) in [6.45, 7) is 3.46. The second kappa shape index (κ2) is 6.73. The highest BCUT2D eigenvalue weighted by atomic mass is 35.5. The predicted octanol–water partition coefficient (Wildman–Crippen LogP) is 4.34. The third-order valence-corrected chi connectivity index (χ3v) is 6.58. The highest BCUT2D eigenvalue weighted by molar-refractivity contribution is 6.32. The van der Waals surface area contributed by atoms with Crippen LogP contribution in [0.4, 0.5) is 0 Å². The maximum Gasteiger partial charge on any atom is 0.344 e. The molecule has 0 spiro atoms. The molecule has 3 unspecified atom stereocenters. The minimum Gasteiger partial charge on any atom is -0.507 e. The van der Waals surface area contributed by atoms with Gasteiger partial charge in [0.1, 0.15) is 35.0 Å². The molecule has 0 saturated carbocycles. The number of benzene rings is 2. The number of fused-ring (bicyclic) bond motifs is 4. The second-order valence-electron chi connectivity index (χ2n) is 7.67. The number of hydrogen-bond acceptors (Lipinski definition) is 7. The van der Waals surface area contributed by atoms with Crippen molar-refractivity contribution in [1.82, 2.24) is 0 Å². The molecule has 1 fully saturated rings. The van der Waals surface area contributed by atoms with Gasteiger partial charge >= 0.3 is 17.6 Å². The molecule has 2 aliphatic rings. The minimum atomic E-state index is -1.41. The predicted molar refractivity (Wildman–Crippen MR) is 111 cm³/mol. The summed E-state index contributed by atoms with van der Waals surface area (Å²) < 4.78 is 16.2. The number of carbonyl (C=O) groups excluding carboxylic acids is 2. The fourth-order valence-corrected chi connectivity index (χ4v) is 4.50. The van der Waals surface area contributed by atoms with Gasteiger partial charge in [0.2, 0.25) is 0 Å². The van der Waals surface area contributed by atoms with E-state index in [1.165, 1.54) is 12.1 Å². The van der Waals surface area contributed by atoms with E-state index in [4.69, 9.17) is 37.1 Å². The third-order valence-electron chi connectivity index (χ3n) is 5.77. The maximum atomic E-state index is 12.8. The van der Waals surface area contributed by atoms with Gasteiger partial charge in [-0.2, -0.15) is 0 Å². The summed E-state index contributed by atoms with van der Waals surface area (Å²) in [5.74, 6) is -4.46. The van der Waals surface area contributed by atoms with E-state index >= 15 is 0 Å². The zero-order chi connectivity index (χ0) is 22.2. The molecule has 0 aliphatic carbocycles. The zero-order valence-corrected chi connectivity index (χ0v) is 17.7. The zero-order valence-electron chi connectivity index (χ0n) is 16.2. The van der Waals surface area contributed by atoms with E-state index in [-0.39, 0.29) is 22.3 Å². The molecule has 3 atom stereocenters. The molecule has 31 heavy (non-hydrogen) atoms. The Labute approximate surface area is 185 Å². The fraction of sp³-hybridized carbons (Fsp3) is 0.227. The van der Waals surface area contributed by atoms with Gasteiger partial charge in [0.05, 0.1) is 10.9 Å². The SMILES string of the molecule is Cc1cc2c(cc1Cl)C1OC(=O)C(c3c(O)c4cc(Cl)c(C)cc4oc3=O)C1C(=O)O2. The molecule has 0 amide bonds. The van der Waals surface area contributed by atoms with Crippen LogP contribution in [0.1, 0.15) is 34.3 Å². The summed E-state index contributed by atoms with van der Waals surface area (Å²) in [5, 5.41) is 11.8. The Balaban J connectivity index is 1.70. The Hall–Kier alpha value is -3.03. The Morgan fingerprint density at radius 2 is 1.61 bits per heavy atom. The van der Waals surface area contributed by atoms with Crippen LogP contribution in [-0.4, -0.2) is 17.0 Å². The van der Waals surface area contributed by atoms with Crippen LogP contribution in [0.15, 0.2) is 33.5 Å². The van der Waals surface area contributed by atoms with Crippen molar-refractivity contribution in [3.8, 4) is 11.5 Å². The van der Waals surface area contributed by atoms with Crippen molar-refractivity contribution in [2.75, 3.05) is 0 Å². The quantitative estimate of drug-likeness (QED) is 0.327. The summed E-state index contributed by atoms with van der Waals surface area (Å²) in [6, 6.07) is 6.09. The van der Waals surface area contributed by atoms with Crippen molar-refractivity contribution < 1.29 is 28.6 Å². The first kappa shape index (κ1) is 19.9. The number of hydrogen-bond donors (Lipinski definition) is 1. The average molecular weight is 461 g/mol. The normalized spacial score (nSPS) is 22.1. The molecule has 1 aromatic heterocycles. The van der Waals surface area contributed by atoms with Crippen LogP contribution in [0.3, 0.4) is 0 Å². The van der Waals surface area contributed by atoms with E-state index in [0.29, 0.717) is 26.7 Å². The third kappa shape index (κ3) is 2.84. The molecular weight excluding hydrogens is 447 g/mol. The summed E-state index contributed by atoms with van der Waals surface area (Å²) in [6.07, 6.45) is -1.01. The standard InChI is InChI=1S/C22H14Cl2O7/c1-7-3-13-9(5-11(7)23)18(25)16(21(27)29-13)15-17-19(31-20(15)26)10-6-12(24)8(2)4-14(10)30-22(17)28/h3-6,15,17,19,25H,1-2H3. The monoisotopic (exact) mass is 460 g/mol. The summed E-state index contributed by atoms with van der Waals surface area (Å²) >= 11 is 12.4. The summed E-state index contributed by atoms with van der Waals surface area (Å²) in [7, 11) is 0. The van der Waals surface area contributed by atoms with Gasteiger partial charge < -0.3 is 19.0 Å². The van der Waals surface area contributed by atoms with Gasteiger partial charge in [-0.05, 0) is 49.2 Å². The maximum absolute atomic E-state index is 12.8. The van der Waals surface area contributed by atoms with Crippen LogP contribution in [0.5, 0.6) is 11.5 Å². The van der Waals surface area contributed by atoms with Gasteiger partial charge in [0, 0.05) is 15.6 Å². The number of esters is 2. The Bertz CT molecular complexity index is 1370. The Kier molecular flexibility index (Phi) is 4.32. The van der Waals surface area contributed by atoms with Crippen molar-refractivity contribution in [2.24, 2.45) is 5.92 Å². The Morgan fingerprint density at radius 3 is 2.35 bits per heavy atom. The molecule has 3 heterocycles. The largest absolute Gasteiger partial charge is 0.507 e. The first-order chi connectivity index (χ1) is 14.7. The van der Waals surface area contributed by atoms with E-state index in [9.17, 15) is 19.5 Å². The first-order valence-corrected chi connectivity index (χ1v) is 10.1. The van der Waals surface area contributed by atoms with E-state index in [0.717, 1.165) is 0 Å². The van der Waals surface area contributed by atoms with Crippen LogP contribution < -0.4 is 10.4 Å². The Morgan fingerprint density at radius 1 is 0.935 bits per heavy atom. The molecule has 7 nitrogen and oxygen atoms in total. The van der Waals surface area contributed by atoms with E-state index < -0.39 is 41.3 Å². The van der Waals surface area contributed by atoms with Crippen molar-refractivity contribution in [2.45, 2.75) is 25.9 Å². The smallest absolute Gasteiger partial charge is 0.344 e. The van der Waals surface area contributed by atoms with Crippen molar-refractivity contribution in [3.05, 3.63) is 67.0 Å². The molecule has 0 bridgehead atoms. The highest BCUT2D eigenvalue weighted by Crippen LogP contribution is 2.52. The average Bonchev–Trinajstić information content (AvgIpc) is 3.03. The van der Waals surface area contributed by atoms with Crippen LogP contribution in [0.25, 0.3) is 11.0 Å². The van der Waals surface area contributed by atoms with Crippen molar-refractivity contribution in [1.29, 1.82) is 0 Å². The molecule has 2 aliphatic heterocycles. The lowest BCUT2D eigenvalue weighted by molar-refractivity contribution is -0.145. The van der Waals surface area contributed by atoms with Crippen LogP contribution in [-0.2, 0) is 14.3 Å². The van der Waals surface area contributed by atoms with Gasteiger partial charge in [-0.1, -0.05) is 23.2 Å². The molecule has 158 valence electrons. The number of carbonyl (C=O) groups is 2. The number of aromatic hydroxyl groups is 1. The summed E-state index contributed by atoms with van der Waals surface area (Å²) in [4.78, 5) is 38.4. The van der Waals surface area contributed by atoms with Gasteiger partial charge in [-0.25, -0.2) is 4.79 Å². The lowest BCUT2D eigenvalue weighted by Gasteiger charge is -2.27. The molecule has 5 rings (SSSR count). The first-order valence-electron chi connectivity index (χ1n) is 9.35. The molecule has 9 heteroatoms. The highest BCUT2D eigenvalue weighted by Gasteiger charge is 2.56. The lowest BCUT2D eigenvalue weighted by atomic mass is 9.81. The number of rotatable bonds is 1. The molecule has 1 saturated heterocycles. The van der Waals surface area contributed by atoms with Crippen LogP contribution in [0.2, 0.25) is 10.0 Å². The summed E-state index contributed by atoms with van der Waals surface area (Å²) in [5.41, 5.74) is 0.532. The minimum absolute atomic E-state index is 0.106. The fourth-order valence-electron chi connectivity index (χ4n) is 4.16. The van der Waals surface area contributed by atoms with Gasteiger partial charge in [0.15, 0.2) is 0 Å². The number of halogens is 2. The van der Waals surface area contributed by atoms with E-state index in [2.05, 4.69) is 0 Å². The molecule has 0 radical (unpaired) electrons. The second-order valence-corrected chi connectivity index (χ2v) is 8.49. The topological polar surface area (TPSA) is 103 Å². The van der Waals surface area contributed by atoms with Gasteiger partial charge in [0.25, 0.3) is 0 Å². The van der Waals surface area contributed by atoms with Gasteiger partial charge in [-0.15, -0.1) is 0 Å². The molecular formula is C22H14Cl2O7.